The van der Waals surface area contributed by atoms with Gasteiger partial charge in [0, 0.05) is 6.04 Å². The maximum Gasteiger partial charge on any atom is 0.0730 e. The van der Waals surface area contributed by atoms with Gasteiger partial charge in [0.1, 0.15) is 0 Å². The summed E-state index contributed by atoms with van der Waals surface area (Å²) in [4.78, 5) is 0. The van der Waals surface area contributed by atoms with Crippen molar-refractivity contribution in [2.75, 3.05) is 0 Å². The van der Waals surface area contributed by atoms with Gasteiger partial charge in [-0.15, -0.1) is 0 Å². The topological polar surface area (TPSA) is 35.2 Å². The molecule has 1 aromatic carbocycles. The van der Waals surface area contributed by atoms with Gasteiger partial charge >= 0.3 is 0 Å². The lowest BCUT2D eigenvalue weighted by atomic mass is 9.93. The van der Waals surface area contributed by atoms with Crippen LogP contribution in [-0.4, -0.2) is 12.1 Å². The Labute approximate surface area is 91.4 Å². The summed E-state index contributed by atoms with van der Waals surface area (Å²) in [5.74, 6) is 0. The third-order valence-electron chi connectivity index (χ3n) is 3.06. The molecule has 15 heavy (non-hydrogen) atoms. The predicted molar refractivity (Wildman–Crippen MR) is 61.5 cm³/mol. The van der Waals surface area contributed by atoms with Gasteiger partial charge in [-0.1, -0.05) is 43.2 Å². The highest BCUT2D eigenvalue weighted by Crippen LogP contribution is 2.20. The van der Waals surface area contributed by atoms with Crippen LogP contribution >= 0.6 is 0 Å². The first-order valence-electron chi connectivity index (χ1n) is 5.77. The predicted octanol–water partition coefficient (Wildman–Crippen LogP) is 2.47. The monoisotopic (exact) mass is 205 g/mol. The van der Waals surface area contributed by atoms with Crippen molar-refractivity contribution < 1.29 is 4.74 Å². The molecule has 1 aliphatic rings. The summed E-state index contributed by atoms with van der Waals surface area (Å²) in [5.41, 5.74) is 7.25. The van der Waals surface area contributed by atoms with Gasteiger partial charge in [-0.2, -0.15) is 0 Å². The molecule has 2 nitrogen and oxygen atoms in total. The van der Waals surface area contributed by atoms with Crippen molar-refractivity contribution in [1.82, 2.24) is 0 Å². The van der Waals surface area contributed by atoms with Gasteiger partial charge in [-0.3, -0.25) is 0 Å². The third kappa shape index (κ3) is 3.05. The minimum Gasteiger partial charge on any atom is -0.372 e. The Morgan fingerprint density at radius 2 is 1.87 bits per heavy atom. The average Bonchev–Trinajstić information content (AvgIpc) is 2.29. The Morgan fingerprint density at radius 3 is 2.60 bits per heavy atom. The SMILES string of the molecule is N[C@@H]1CCCC[C@@H]1OCc1ccccc1. The molecule has 1 aromatic rings. The molecule has 0 aliphatic heterocycles. The van der Waals surface area contributed by atoms with Crippen LogP contribution in [0.4, 0.5) is 0 Å². The maximum atomic E-state index is 6.02. The van der Waals surface area contributed by atoms with Gasteiger partial charge in [0.2, 0.25) is 0 Å². The zero-order valence-corrected chi connectivity index (χ0v) is 9.06. The van der Waals surface area contributed by atoms with E-state index in [1.54, 1.807) is 0 Å². The Bertz CT molecular complexity index is 286. The van der Waals surface area contributed by atoms with Crippen molar-refractivity contribution in [2.45, 2.75) is 44.4 Å². The quantitative estimate of drug-likeness (QED) is 0.822. The first kappa shape index (κ1) is 10.7. The molecule has 2 rings (SSSR count). The number of rotatable bonds is 3. The fourth-order valence-corrected chi connectivity index (χ4v) is 2.11. The summed E-state index contributed by atoms with van der Waals surface area (Å²) in [5, 5.41) is 0. The molecule has 0 amide bonds. The third-order valence-corrected chi connectivity index (χ3v) is 3.06. The lowest BCUT2D eigenvalue weighted by Gasteiger charge is -2.28. The minimum absolute atomic E-state index is 0.238. The number of hydrogen-bond donors (Lipinski definition) is 1. The largest absolute Gasteiger partial charge is 0.372 e. The van der Waals surface area contributed by atoms with E-state index in [0.29, 0.717) is 6.61 Å². The number of ether oxygens (including phenoxy) is 1. The minimum atomic E-state index is 0.238. The van der Waals surface area contributed by atoms with Crippen LogP contribution in [0.5, 0.6) is 0 Å². The van der Waals surface area contributed by atoms with Gasteiger partial charge in [-0.25, -0.2) is 0 Å². The molecule has 0 spiro atoms. The normalized spacial score (nSPS) is 26.5. The molecule has 1 saturated carbocycles. The van der Waals surface area contributed by atoms with Crippen LogP contribution < -0.4 is 5.73 Å². The standard InChI is InChI=1S/C13H19NO/c14-12-8-4-5-9-13(12)15-10-11-6-2-1-3-7-11/h1-3,6-7,12-13H,4-5,8-10,14H2/t12-,13+/m1/s1. The van der Waals surface area contributed by atoms with E-state index in [0.717, 1.165) is 12.8 Å². The second-order valence-electron chi connectivity index (χ2n) is 4.28. The summed E-state index contributed by atoms with van der Waals surface area (Å²) < 4.78 is 5.86. The summed E-state index contributed by atoms with van der Waals surface area (Å²) in [7, 11) is 0. The molecular weight excluding hydrogens is 186 g/mol. The van der Waals surface area contributed by atoms with Crippen molar-refractivity contribution in [2.24, 2.45) is 5.73 Å². The van der Waals surface area contributed by atoms with Crippen molar-refractivity contribution in [1.29, 1.82) is 0 Å². The Morgan fingerprint density at radius 1 is 1.13 bits per heavy atom. The number of nitrogens with two attached hydrogens (primary N) is 1. The van der Waals surface area contributed by atoms with Crippen LogP contribution in [0, 0.1) is 0 Å². The van der Waals surface area contributed by atoms with Crippen LogP contribution in [0.15, 0.2) is 30.3 Å². The molecule has 1 fully saturated rings. The van der Waals surface area contributed by atoms with E-state index in [2.05, 4.69) is 12.1 Å². The fourth-order valence-electron chi connectivity index (χ4n) is 2.11. The van der Waals surface area contributed by atoms with Gasteiger partial charge in [0.05, 0.1) is 12.7 Å². The van der Waals surface area contributed by atoms with Crippen LogP contribution in [0.3, 0.4) is 0 Å². The summed E-state index contributed by atoms with van der Waals surface area (Å²) >= 11 is 0. The zero-order valence-electron chi connectivity index (χ0n) is 9.06. The van der Waals surface area contributed by atoms with E-state index in [1.807, 2.05) is 18.2 Å². The molecule has 0 saturated heterocycles. The Balaban J connectivity index is 1.82. The molecule has 0 aromatic heterocycles. The lowest BCUT2D eigenvalue weighted by Crippen LogP contribution is -2.39. The van der Waals surface area contributed by atoms with Crippen molar-refractivity contribution >= 4 is 0 Å². The number of benzene rings is 1. The van der Waals surface area contributed by atoms with E-state index < -0.39 is 0 Å². The van der Waals surface area contributed by atoms with Crippen molar-refractivity contribution in [3.05, 3.63) is 35.9 Å². The van der Waals surface area contributed by atoms with Gasteiger partial charge in [0.25, 0.3) is 0 Å². The second-order valence-corrected chi connectivity index (χ2v) is 4.28. The van der Waals surface area contributed by atoms with Crippen molar-refractivity contribution in [3.8, 4) is 0 Å². The van der Waals surface area contributed by atoms with E-state index in [4.69, 9.17) is 10.5 Å². The highest BCUT2D eigenvalue weighted by molar-refractivity contribution is 5.13. The Hall–Kier alpha value is -0.860. The fraction of sp³-hybridized carbons (Fsp3) is 0.538. The molecule has 0 bridgehead atoms. The average molecular weight is 205 g/mol. The van der Waals surface area contributed by atoms with E-state index >= 15 is 0 Å². The van der Waals surface area contributed by atoms with Crippen LogP contribution in [0.2, 0.25) is 0 Å². The van der Waals surface area contributed by atoms with E-state index in [-0.39, 0.29) is 12.1 Å². The zero-order chi connectivity index (χ0) is 10.5. The van der Waals surface area contributed by atoms with Crippen LogP contribution in [0.25, 0.3) is 0 Å². The molecular formula is C13H19NO. The highest BCUT2D eigenvalue weighted by atomic mass is 16.5. The van der Waals surface area contributed by atoms with Gasteiger partial charge < -0.3 is 10.5 Å². The smallest absolute Gasteiger partial charge is 0.0730 e. The Kier molecular flexibility index (Phi) is 3.75. The van der Waals surface area contributed by atoms with Gasteiger partial charge in [-0.05, 0) is 18.4 Å². The molecule has 2 heteroatoms. The highest BCUT2D eigenvalue weighted by Gasteiger charge is 2.21. The molecule has 82 valence electrons. The molecule has 2 N–H and O–H groups in total. The molecule has 0 unspecified atom stereocenters. The van der Waals surface area contributed by atoms with Gasteiger partial charge in [0.15, 0.2) is 0 Å². The second kappa shape index (κ2) is 5.29. The summed E-state index contributed by atoms with van der Waals surface area (Å²) in [6.45, 7) is 0.694. The van der Waals surface area contributed by atoms with Crippen LogP contribution in [-0.2, 0) is 11.3 Å². The molecule has 0 radical (unpaired) electrons. The molecule has 2 atom stereocenters. The van der Waals surface area contributed by atoms with E-state index in [9.17, 15) is 0 Å². The summed E-state index contributed by atoms with van der Waals surface area (Å²) in [6.07, 6.45) is 5.01. The molecule has 1 aliphatic carbocycles. The van der Waals surface area contributed by atoms with E-state index in [1.165, 1.54) is 18.4 Å². The first-order valence-corrected chi connectivity index (χ1v) is 5.77. The lowest BCUT2D eigenvalue weighted by molar-refractivity contribution is 0.00404. The maximum absolute atomic E-state index is 6.02. The van der Waals surface area contributed by atoms with Crippen LogP contribution in [0.1, 0.15) is 31.2 Å². The first-order chi connectivity index (χ1) is 7.36. The number of hydrogen-bond acceptors (Lipinski definition) is 2. The van der Waals surface area contributed by atoms with Crippen molar-refractivity contribution in [3.63, 3.8) is 0 Å². The molecule has 0 heterocycles. The summed E-state index contributed by atoms with van der Waals surface area (Å²) in [6, 6.07) is 10.5.